The van der Waals surface area contributed by atoms with Crippen molar-refractivity contribution in [1.29, 1.82) is 0 Å². The smallest absolute Gasteiger partial charge is 0.0383 e. The topological polar surface area (TPSA) is 40.1 Å². The van der Waals surface area contributed by atoms with Gasteiger partial charge in [0, 0.05) is 87.9 Å². The van der Waals surface area contributed by atoms with Gasteiger partial charge in [0.05, 0.1) is 0 Å². The fraction of sp³-hybridized carbons (Fsp3) is 0.500. The van der Waals surface area contributed by atoms with Crippen LogP contribution in [0.5, 0.6) is 0 Å². The fourth-order valence-corrected chi connectivity index (χ4v) is 0. The summed E-state index contributed by atoms with van der Waals surface area (Å²) in [6, 6.07) is 0. The number of carbonyl (C=O) groups is 1. The maximum Gasteiger partial charge on any atom is 0.0383 e. The Balaban J connectivity index is -0.0000000150. The molecule has 0 aromatic carbocycles. The largest absolute Gasteiger partial charge is 0.550 e. The second-order valence-corrected chi connectivity index (χ2v) is 0.492. The van der Waals surface area contributed by atoms with E-state index in [1.54, 1.807) is 0 Å². The predicted octanol–water partition coefficient (Wildman–Crippen LogP) is -2.39. The van der Waals surface area contributed by atoms with Crippen LogP contribution < -0.4 is 5.11 Å². The average Bonchev–Trinajstić information content (AvgIpc) is 0.811. The Kier molecular flexibility index (Phi) is 51.3. The summed E-state index contributed by atoms with van der Waals surface area (Å²) in [7, 11) is 0. The Hall–Kier alpha value is 2.24. The summed E-state index contributed by atoms with van der Waals surface area (Å²) in [5, 5.41) is 8.89. The number of hydrogen-bond donors (Lipinski definition) is 0. The van der Waals surface area contributed by atoms with E-state index in [2.05, 4.69) is 0 Å². The summed E-state index contributed by atoms with van der Waals surface area (Å²) in [6.07, 6.45) is 0. The van der Waals surface area contributed by atoms with Crippen molar-refractivity contribution < 1.29 is 9.90 Å². The van der Waals surface area contributed by atoms with Crippen molar-refractivity contribution in [1.82, 2.24) is 0 Å². The first-order valence-electron chi connectivity index (χ1n) is 0.908. The molecule has 0 aliphatic rings. The van der Waals surface area contributed by atoms with Crippen LogP contribution in [-0.2, 0) is 4.79 Å². The molecule has 0 aromatic heterocycles. The van der Waals surface area contributed by atoms with Crippen molar-refractivity contribution in [3.63, 3.8) is 0 Å². The molecule has 0 unspecified atom stereocenters. The van der Waals surface area contributed by atoms with Crippen LogP contribution in [0, 0.1) is 0 Å². The van der Waals surface area contributed by atoms with E-state index in [-0.39, 0.29) is 81.9 Å². The van der Waals surface area contributed by atoms with E-state index in [1.807, 2.05) is 0 Å². The van der Waals surface area contributed by atoms with Gasteiger partial charge in [-0.3, -0.25) is 0 Å². The molecule has 0 aliphatic heterocycles. The zero-order valence-electron chi connectivity index (χ0n) is 4.05. The van der Waals surface area contributed by atoms with Gasteiger partial charge in [-0.2, -0.15) is 0 Å². The number of carboxylic acids is 1. The van der Waals surface area contributed by atoms with Crippen molar-refractivity contribution in [2.45, 2.75) is 6.92 Å². The summed E-state index contributed by atoms with van der Waals surface area (Å²) in [6.45, 7) is 0.972. The number of hydrogen-bond acceptors (Lipinski definition) is 2. The molecule has 0 aliphatic carbocycles. The van der Waals surface area contributed by atoms with Gasteiger partial charge in [0.25, 0.3) is 0 Å². The number of carbonyl (C=O) groups excluding carboxylic acids is 1. The van der Waals surface area contributed by atoms with E-state index in [9.17, 15) is 0 Å². The Labute approximate surface area is 103 Å². The molecule has 0 saturated heterocycles. The number of carboxylic acid groups (broad SMARTS) is 1. The molecule has 0 rings (SSSR count). The molecule has 0 heterocycles. The molecule has 3 radical (unpaired) electrons. The van der Waals surface area contributed by atoms with Gasteiger partial charge in [0.2, 0.25) is 0 Å². The van der Waals surface area contributed by atoms with Crippen molar-refractivity contribution in [3.8, 4) is 0 Å². The monoisotopic (exact) mass is 674 g/mol. The molecule has 2 nitrogen and oxygen atoms in total. The summed E-state index contributed by atoms with van der Waals surface area (Å²) >= 11 is 0. The van der Waals surface area contributed by atoms with Crippen molar-refractivity contribution >= 4 is 87.9 Å². The molecule has 0 N–H and O–H groups in total. The summed E-state index contributed by atoms with van der Waals surface area (Å²) in [5.74, 6) is -1.08. The van der Waals surface area contributed by atoms with Crippen LogP contribution in [0.4, 0.5) is 0 Å². The molecule has 0 fully saturated rings. The third-order valence-electron chi connectivity index (χ3n) is 0. The predicted molar refractivity (Wildman–Crippen MR) is 27.9 cm³/mol. The van der Waals surface area contributed by atoms with Crippen molar-refractivity contribution in [2.75, 3.05) is 0 Å². The molecular weight excluding hydrogens is 669 g/mol. The minimum Gasteiger partial charge on any atom is -0.550 e. The fourth-order valence-electron chi connectivity index (χ4n) is 0. The Morgan fingerprint density at radius 1 is 1.29 bits per heavy atom. The average molecular weight is 672 g/mol. The Morgan fingerprint density at radius 3 is 1.29 bits per heavy atom. The zero-order chi connectivity index (χ0) is 3.58. The van der Waals surface area contributed by atoms with Gasteiger partial charge in [-0.1, -0.05) is 0 Å². The second kappa shape index (κ2) is 15.7. The van der Waals surface area contributed by atoms with Crippen molar-refractivity contribution in [2.24, 2.45) is 0 Å². The van der Waals surface area contributed by atoms with E-state index in [1.165, 1.54) is 0 Å². The quantitative estimate of drug-likeness (QED) is 0.270. The normalized spacial score (nSPS) is 3.57. The molecule has 0 atom stereocenters. The van der Waals surface area contributed by atoms with Gasteiger partial charge in [-0.05, 0) is 6.92 Å². The summed E-state index contributed by atoms with van der Waals surface area (Å²) in [5.41, 5.74) is 0. The molecular formula is C2H3O2Tl3-. The zero-order valence-corrected chi connectivity index (χ0v) is 17.5. The van der Waals surface area contributed by atoms with Gasteiger partial charge >= 0.3 is 0 Å². The van der Waals surface area contributed by atoms with Crippen LogP contribution >= 0.6 is 0 Å². The minimum absolute atomic E-state index is 0. The first-order valence-corrected chi connectivity index (χ1v) is 0.908. The minimum atomic E-state index is -1.08. The van der Waals surface area contributed by atoms with Crippen LogP contribution in [-0.4, -0.2) is 87.9 Å². The van der Waals surface area contributed by atoms with E-state index in [0.29, 0.717) is 0 Å². The molecule has 33 valence electrons. The van der Waals surface area contributed by atoms with Gasteiger partial charge in [-0.15, -0.1) is 0 Å². The van der Waals surface area contributed by atoms with Gasteiger partial charge in [-0.25, -0.2) is 0 Å². The third kappa shape index (κ3) is 64.1. The number of rotatable bonds is 0. The maximum absolute atomic E-state index is 8.89. The van der Waals surface area contributed by atoms with Crippen LogP contribution in [0.15, 0.2) is 0 Å². The Bertz CT molecular complexity index is 33.9. The van der Waals surface area contributed by atoms with Crippen molar-refractivity contribution in [3.05, 3.63) is 0 Å². The standard InChI is InChI=1S/C2H4O2.3Tl/c1-2(3)4;;;/h1H3,(H,3,4);;;/p-1. The van der Waals surface area contributed by atoms with Gasteiger partial charge < -0.3 is 9.90 Å². The van der Waals surface area contributed by atoms with Crippen LogP contribution in [0.2, 0.25) is 0 Å². The number of aliphatic carboxylic acids is 1. The van der Waals surface area contributed by atoms with Crippen LogP contribution in [0.1, 0.15) is 6.92 Å². The molecule has 0 aromatic rings. The van der Waals surface area contributed by atoms with Gasteiger partial charge in [0.1, 0.15) is 0 Å². The summed E-state index contributed by atoms with van der Waals surface area (Å²) < 4.78 is 0. The molecule has 0 amide bonds. The SMILES string of the molecule is CC(=O)[O-].[Tl].[Tl].[Tl]. The summed E-state index contributed by atoms with van der Waals surface area (Å²) in [4.78, 5) is 8.89. The molecule has 0 bridgehead atoms. The van der Waals surface area contributed by atoms with E-state index >= 15 is 0 Å². The van der Waals surface area contributed by atoms with Crippen LogP contribution in [0.3, 0.4) is 0 Å². The molecule has 0 saturated carbocycles. The van der Waals surface area contributed by atoms with Crippen LogP contribution in [0.25, 0.3) is 0 Å². The Morgan fingerprint density at radius 2 is 1.29 bits per heavy atom. The molecule has 5 heteroatoms. The molecule has 0 spiro atoms. The van der Waals surface area contributed by atoms with E-state index < -0.39 is 5.97 Å². The molecule has 7 heavy (non-hydrogen) atoms. The van der Waals surface area contributed by atoms with Gasteiger partial charge in [0.15, 0.2) is 0 Å². The first-order chi connectivity index (χ1) is 1.73. The first kappa shape index (κ1) is 22.9. The van der Waals surface area contributed by atoms with E-state index in [4.69, 9.17) is 9.90 Å². The maximum atomic E-state index is 8.89. The van der Waals surface area contributed by atoms with E-state index in [0.717, 1.165) is 6.92 Å². The third-order valence-corrected chi connectivity index (χ3v) is 0. The second-order valence-electron chi connectivity index (χ2n) is 0.492.